The zero-order valence-electron chi connectivity index (χ0n) is 14.9. The smallest absolute Gasteiger partial charge is 0.255 e. The van der Waals surface area contributed by atoms with Crippen molar-refractivity contribution in [3.8, 4) is 5.75 Å². The van der Waals surface area contributed by atoms with Gasteiger partial charge < -0.3 is 15.4 Å². The van der Waals surface area contributed by atoms with Crippen LogP contribution in [0.25, 0.3) is 0 Å². The molecule has 0 heterocycles. The predicted octanol–water partition coefficient (Wildman–Crippen LogP) is 2.75. The minimum Gasteiger partial charge on any atom is -0.496 e. The van der Waals surface area contributed by atoms with Gasteiger partial charge in [-0.2, -0.15) is 0 Å². The van der Waals surface area contributed by atoms with Gasteiger partial charge in [-0.15, -0.1) is 0 Å². The Hall–Kier alpha value is -2.82. The van der Waals surface area contributed by atoms with E-state index in [1.165, 1.54) is 12.7 Å². The van der Waals surface area contributed by atoms with E-state index in [-0.39, 0.29) is 24.8 Å². The highest BCUT2D eigenvalue weighted by Gasteiger charge is 2.11. The van der Waals surface area contributed by atoms with E-state index in [0.717, 1.165) is 11.1 Å². The number of carbonyl (C=O) groups excluding carboxylic acids is 2. The quantitative estimate of drug-likeness (QED) is 0.814. The van der Waals surface area contributed by atoms with Gasteiger partial charge in [-0.3, -0.25) is 9.59 Å². The van der Waals surface area contributed by atoms with Gasteiger partial charge in [0, 0.05) is 19.5 Å². The standard InChI is InChI=1S/C20H24N2O3/c1-14-8-9-16(15(2)12-14)13-22-19(23)10-11-21-20(24)17-6-4-5-7-18(17)25-3/h4-9,12H,10-11,13H2,1-3H3,(H,21,24)(H,22,23). The summed E-state index contributed by atoms with van der Waals surface area (Å²) in [5, 5.41) is 5.62. The van der Waals surface area contributed by atoms with Gasteiger partial charge in [-0.25, -0.2) is 0 Å². The minimum atomic E-state index is -0.250. The number of aryl methyl sites for hydroxylation is 2. The maximum absolute atomic E-state index is 12.1. The number of benzene rings is 2. The lowest BCUT2D eigenvalue weighted by Crippen LogP contribution is -2.30. The Labute approximate surface area is 148 Å². The molecule has 0 unspecified atom stereocenters. The number of carbonyl (C=O) groups is 2. The van der Waals surface area contributed by atoms with Crippen LogP contribution in [0.3, 0.4) is 0 Å². The fourth-order valence-electron chi connectivity index (χ4n) is 2.54. The molecule has 0 bridgehead atoms. The molecule has 2 rings (SSSR count). The third kappa shape index (κ3) is 5.35. The first-order chi connectivity index (χ1) is 12.0. The number of amides is 2. The molecule has 0 aliphatic heterocycles. The van der Waals surface area contributed by atoms with Crippen molar-refractivity contribution in [2.75, 3.05) is 13.7 Å². The highest BCUT2D eigenvalue weighted by molar-refractivity contribution is 5.97. The van der Waals surface area contributed by atoms with Gasteiger partial charge in [-0.05, 0) is 37.1 Å². The van der Waals surface area contributed by atoms with Crippen molar-refractivity contribution in [2.45, 2.75) is 26.8 Å². The number of ether oxygens (including phenoxy) is 1. The number of rotatable bonds is 7. The van der Waals surface area contributed by atoms with E-state index in [1.807, 2.05) is 26.0 Å². The zero-order valence-corrected chi connectivity index (χ0v) is 14.9. The summed E-state index contributed by atoms with van der Waals surface area (Å²) < 4.78 is 5.16. The van der Waals surface area contributed by atoms with E-state index in [9.17, 15) is 9.59 Å². The minimum absolute atomic E-state index is 0.0969. The van der Waals surface area contributed by atoms with Crippen LogP contribution >= 0.6 is 0 Å². The van der Waals surface area contributed by atoms with Crippen LogP contribution in [0.1, 0.15) is 33.5 Å². The van der Waals surface area contributed by atoms with Gasteiger partial charge in [-0.1, -0.05) is 35.9 Å². The molecule has 2 aromatic carbocycles. The van der Waals surface area contributed by atoms with Gasteiger partial charge in [0.2, 0.25) is 5.91 Å². The number of para-hydroxylation sites is 1. The normalized spacial score (nSPS) is 10.2. The fraction of sp³-hybridized carbons (Fsp3) is 0.300. The molecule has 0 aliphatic carbocycles. The summed E-state index contributed by atoms with van der Waals surface area (Å²) in [6, 6.07) is 13.1. The van der Waals surface area contributed by atoms with Crippen LogP contribution in [-0.4, -0.2) is 25.5 Å². The third-order valence-corrected chi connectivity index (χ3v) is 3.96. The second-order valence-electron chi connectivity index (χ2n) is 5.91. The van der Waals surface area contributed by atoms with Crippen LogP contribution in [-0.2, 0) is 11.3 Å². The lowest BCUT2D eigenvalue weighted by Gasteiger charge is -2.10. The molecule has 2 amide bonds. The highest BCUT2D eigenvalue weighted by Crippen LogP contribution is 2.16. The van der Waals surface area contributed by atoms with Gasteiger partial charge in [0.25, 0.3) is 5.91 Å². The molecule has 0 saturated carbocycles. The van der Waals surface area contributed by atoms with Crippen molar-refractivity contribution in [2.24, 2.45) is 0 Å². The molecule has 2 N–H and O–H groups in total. The molecular weight excluding hydrogens is 316 g/mol. The van der Waals surface area contributed by atoms with E-state index >= 15 is 0 Å². The van der Waals surface area contributed by atoms with Crippen LogP contribution < -0.4 is 15.4 Å². The molecule has 5 nitrogen and oxygen atoms in total. The zero-order chi connectivity index (χ0) is 18.2. The molecule has 0 radical (unpaired) electrons. The average molecular weight is 340 g/mol. The molecule has 0 aliphatic rings. The summed E-state index contributed by atoms with van der Waals surface area (Å²) in [6.07, 6.45) is 0.228. The van der Waals surface area contributed by atoms with E-state index < -0.39 is 0 Å². The topological polar surface area (TPSA) is 67.4 Å². The molecule has 25 heavy (non-hydrogen) atoms. The SMILES string of the molecule is COc1ccccc1C(=O)NCCC(=O)NCc1ccc(C)cc1C. The first-order valence-corrected chi connectivity index (χ1v) is 8.25. The summed E-state index contributed by atoms with van der Waals surface area (Å²) in [7, 11) is 1.52. The fourth-order valence-corrected chi connectivity index (χ4v) is 2.54. The van der Waals surface area contributed by atoms with Gasteiger partial charge in [0.05, 0.1) is 12.7 Å². The van der Waals surface area contributed by atoms with Crippen LogP contribution in [0.15, 0.2) is 42.5 Å². The maximum atomic E-state index is 12.1. The Kier molecular flexibility index (Phi) is 6.57. The van der Waals surface area contributed by atoms with Crippen LogP contribution in [0.5, 0.6) is 5.75 Å². The average Bonchev–Trinajstić information content (AvgIpc) is 2.60. The predicted molar refractivity (Wildman–Crippen MR) is 97.7 cm³/mol. The lowest BCUT2D eigenvalue weighted by atomic mass is 10.1. The van der Waals surface area contributed by atoms with Crippen LogP contribution in [0.2, 0.25) is 0 Å². The van der Waals surface area contributed by atoms with E-state index in [1.54, 1.807) is 24.3 Å². The Morgan fingerprint density at radius 2 is 1.80 bits per heavy atom. The molecule has 0 spiro atoms. The monoisotopic (exact) mass is 340 g/mol. The summed E-state index contributed by atoms with van der Waals surface area (Å²) in [4.78, 5) is 24.1. The van der Waals surface area contributed by atoms with Crippen molar-refractivity contribution >= 4 is 11.8 Å². The van der Waals surface area contributed by atoms with Gasteiger partial charge >= 0.3 is 0 Å². The number of nitrogens with one attached hydrogen (secondary N) is 2. The molecule has 0 aromatic heterocycles. The number of hydrogen-bond acceptors (Lipinski definition) is 3. The Morgan fingerprint density at radius 1 is 1.04 bits per heavy atom. The largest absolute Gasteiger partial charge is 0.496 e. The molecule has 132 valence electrons. The summed E-state index contributed by atoms with van der Waals surface area (Å²) in [5.74, 6) is 0.166. The summed E-state index contributed by atoms with van der Waals surface area (Å²) >= 11 is 0. The maximum Gasteiger partial charge on any atom is 0.255 e. The second-order valence-corrected chi connectivity index (χ2v) is 5.91. The van der Waals surface area contributed by atoms with Crippen molar-refractivity contribution in [1.29, 1.82) is 0 Å². The van der Waals surface area contributed by atoms with Crippen molar-refractivity contribution in [1.82, 2.24) is 10.6 Å². The van der Waals surface area contributed by atoms with Crippen molar-refractivity contribution in [3.63, 3.8) is 0 Å². The number of methoxy groups -OCH3 is 1. The van der Waals surface area contributed by atoms with E-state index in [0.29, 0.717) is 17.9 Å². The summed E-state index contributed by atoms with van der Waals surface area (Å²) in [5.41, 5.74) is 3.91. The molecule has 0 saturated heterocycles. The van der Waals surface area contributed by atoms with Gasteiger partial charge in [0.1, 0.15) is 5.75 Å². The van der Waals surface area contributed by atoms with Gasteiger partial charge in [0.15, 0.2) is 0 Å². The van der Waals surface area contributed by atoms with Crippen molar-refractivity contribution in [3.05, 3.63) is 64.7 Å². The van der Waals surface area contributed by atoms with Crippen LogP contribution in [0, 0.1) is 13.8 Å². The first-order valence-electron chi connectivity index (χ1n) is 8.25. The van der Waals surface area contributed by atoms with E-state index in [4.69, 9.17) is 4.74 Å². The Bertz CT molecular complexity index is 756. The third-order valence-electron chi connectivity index (χ3n) is 3.96. The second kappa shape index (κ2) is 8.87. The summed E-state index contributed by atoms with van der Waals surface area (Å²) in [6.45, 7) is 4.84. The molecule has 0 atom stereocenters. The lowest BCUT2D eigenvalue weighted by molar-refractivity contribution is -0.121. The Balaban J connectivity index is 1.77. The van der Waals surface area contributed by atoms with Crippen LogP contribution in [0.4, 0.5) is 0 Å². The number of hydrogen-bond donors (Lipinski definition) is 2. The first kappa shape index (κ1) is 18.5. The molecule has 0 fully saturated rings. The molecular formula is C20H24N2O3. The molecule has 2 aromatic rings. The van der Waals surface area contributed by atoms with Crippen molar-refractivity contribution < 1.29 is 14.3 Å². The highest BCUT2D eigenvalue weighted by atomic mass is 16.5. The van der Waals surface area contributed by atoms with E-state index in [2.05, 4.69) is 16.7 Å². The Morgan fingerprint density at radius 3 is 2.52 bits per heavy atom. The molecule has 5 heteroatoms.